The lowest BCUT2D eigenvalue weighted by molar-refractivity contribution is 0.628. The number of aromatic nitrogens is 1. The summed E-state index contributed by atoms with van der Waals surface area (Å²) < 4.78 is 15.4. The maximum atomic E-state index is 13.4. The summed E-state index contributed by atoms with van der Waals surface area (Å²) in [5.41, 5.74) is 2.81. The molecule has 0 aliphatic heterocycles. The molecule has 3 aromatic rings. The zero-order chi connectivity index (χ0) is 14.8. The van der Waals surface area contributed by atoms with Gasteiger partial charge in [-0.2, -0.15) is 0 Å². The number of rotatable bonds is 2. The molecule has 0 unspecified atom stereocenters. The van der Waals surface area contributed by atoms with E-state index in [-0.39, 0.29) is 5.02 Å². The first-order valence-corrected chi connectivity index (χ1v) is 7.60. The maximum Gasteiger partial charge on any atom is 0.189 e. The number of hydrogen-bond donors (Lipinski definition) is 0. The second-order valence-corrected chi connectivity index (χ2v) is 5.67. The van der Waals surface area contributed by atoms with E-state index in [1.165, 1.54) is 17.4 Å². The predicted molar refractivity (Wildman–Crippen MR) is 85.5 cm³/mol. The molecule has 1 aromatic heterocycles. The van der Waals surface area contributed by atoms with Crippen molar-refractivity contribution in [3.05, 3.63) is 69.6 Å². The fourth-order valence-electron chi connectivity index (χ4n) is 2.15. The van der Waals surface area contributed by atoms with Crippen LogP contribution in [0, 0.1) is 5.82 Å². The van der Waals surface area contributed by atoms with Crippen LogP contribution in [0.1, 0.15) is 0 Å². The number of benzene rings is 2. The number of thiazole rings is 1. The minimum absolute atomic E-state index is 0.119. The number of nitrogens with zero attached hydrogens (tertiary/aromatic N) is 2. The average Bonchev–Trinajstić information content (AvgIpc) is 2.95. The Morgan fingerprint density at radius 3 is 2.57 bits per heavy atom. The van der Waals surface area contributed by atoms with Gasteiger partial charge >= 0.3 is 0 Å². The molecule has 0 saturated carbocycles. The highest BCUT2D eigenvalue weighted by Gasteiger charge is 2.11. The van der Waals surface area contributed by atoms with E-state index in [1.54, 1.807) is 19.2 Å². The molecule has 2 nitrogen and oxygen atoms in total. The predicted octanol–water partition coefficient (Wildman–Crippen LogP) is 4.53. The van der Waals surface area contributed by atoms with Crippen LogP contribution in [0.3, 0.4) is 0 Å². The van der Waals surface area contributed by atoms with Crippen molar-refractivity contribution in [1.82, 2.24) is 4.57 Å². The molecule has 1 heterocycles. The summed E-state index contributed by atoms with van der Waals surface area (Å²) in [6.45, 7) is 0. The molecular formula is C16H12ClFN2S. The smallest absolute Gasteiger partial charge is 0.189 e. The second kappa shape index (κ2) is 5.84. The van der Waals surface area contributed by atoms with Crippen LogP contribution in [0.15, 0.2) is 58.9 Å². The lowest BCUT2D eigenvalue weighted by Crippen LogP contribution is -2.13. The van der Waals surface area contributed by atoms with E-state index in [4.69, 9.17) is 11.6 Å². The van der Waals surface area contributed by atoms with Crippen LogP contribution < -0.4 is 4.80 Å². The van der Waals surface area contributed by atoms with Crippen molar-refractivity contribution in [3.63, 3.8) is 0 Å². The van der Waals surface area contributed by atoms with Crippen molar-refractivity contribution in [2.45, 2.75) is 0 Å². The first kappa shape index (κ1) is 14.0. The van der Waals surface area contributed by atoms with Crippen LogP contribution in [0.2, 0.25) is 5.02 Å². The SMILES string of the molecule is CN=c1scc(-c2ccc(F)c(Cl)c2)n1-c1ccccc1. The van der Waals surface area contributed by atoms with E-state index >= 15 is 0 Å². The largest absolute Gasteiger partial charge is 0.285 e. The van der Waals surface area contributed by atoms with Gasteiger partial charge in [0.15, 0.2) is 4.80 Å². The topological polar surface area (TPSA) is 17.3 Å². The molecule has 5 heteroatoms. The average molecular weight is 319 g/mol. The Bertz CT molecular complexity index is 837. The van der Waals surface area contributed by atoms with Crippen LogP contribution in [-0.2, 0) is 0 Å². The maximum absolute atomic E-state index is 13.4. The minimum atomic E-state index is -0.415. The fraction of sp³-hybridized carbons (Fsp3) is 0.0625. The minimum Gasteiger partial charge on any atom is -0.285 e. The Balaban J connectivity index is 2.25. The molecule has 106 valence electrons. The number of halogens is 2. The Labute approximate surface area is 130 Å². The van der Waals surface area contributed by atoms with E-state index in [9.17, 15) is 4.39 Å². The van der Waals surface area contributed by atoms with Gasteiger partial charge in [0.1, 0.15) is 5.82 Å². The molecule has 0 spiro atoms. The van der Waals surface area contributed by atoms with Gasteiger partial charge < -0.3 is 0 Å². The first-order chi connectivity index (χ1) is 10.2. The highest BCUT2D eigenvalue weighted by atomic mass is 35.5. The van der Waals surface area contributed by atoms with Gasteiger partial charge in [-0.25, -0.2) is 4.39 Å². The highest BCUT2D eigenvalue weighted by molar-refractivity contribution is 7.07. The highest BCUT2D eigenvalue weighted by Crippen LogP contribution is 2.27. The van der Waals surface area contributed by atoms with E-state index in [0.717, 1.165) is 21.7 Å². The molecule has 0 bridgehead atoms. The summed E-state index contributed by atoms with van der Waals surface area (Å²) in [7, 11) is 1.76. The molecule has 0 N–H and O–H groups in total. The van der Waals surface area contributed by atoms with E-state index in [2.05, 4.69) is 4.99 Å². The van der Waals surface area contributed by atoms with E-state index in [1.807, 2.05) is 40.3 Å². The van der Waals surface area contributed by atoms with Gasteiger partial charge in [0.2, 0.25) is 0 Å². The second-order valence-electron chi connectivity index (χ2n) is 4.43. The van der Waals surface area contributed by atoms with E-state index in [0.29, 0.717) is 0 Å². The van der Waals surface area contributed by atoms with Gasteiger partial charge in [0, 0.05) is 23.7 Å². The zero-order valence-electron chi connectivity index (χ0n) is 11.3. The molecule has 0 aliphatic carbocycles. The van der Waals surface area contributed by atoms with Gasteiger partial charge in [-0.05, 0) is 30.3 Å². The van der Waals surface area contributed by atoms with Crippen LogP contribution in [-0.4, -0.2) is 11.6 Å². The van der Waals surface area contributed by atoms with E-state index < -0.39 is 5.82 Å². The quantitative estimate of drug-likeness (QED) is 0.660. The summed E-state index contributed by atoms with van der Waals surface area (Å²) in [6, 6.07) is 14.7. The van der Waals surface area contributed by atoms with Crippen LogP contribution >= 0.6 is 22.9 Å². The van der Waals surface area contributed by atoms with Crippen molar-refractivity contribution in [2.24, 2.45) is 4.99 Å². The molecule has 0 atom stereocenters. The van der Waals surface area contributed by atoms with Crippen LogP contribution in [0.25, 0.3) is 16.9 Å². The van der Waals surface area contributed by atoms with Gasteiger partial charge in [-0.3, -0.25) is 9.56 Å². The molecule has 21 heavy (non-hydrogen) atoms. The van der Waals surface area contributed by atoms with Crippen molar-refractivity contribution in [1.29, 1.82) is 0 Å². The summed E-state index contributed by atoms with van der Waals surface area (Å²) >= 11 is 7.43. The van der Waals surface area contributed by atoms with Gasteiger partial charge in [-0.1, -0.05) is 29.8 Å². The van der Waals surface area contributed by atoms with Crippen LogP contribution in [0.4, 0.5) is 4.39 Å². The Morgan fingerprint density at radius 2 is 1.90 bits per heavy atom. The van der Waals surface area contributed by atoms with Crippen molar-refractivity contribution in [2.75, 3.05) is 7.05 Å². The monoisotopic (exact) mass is 318 g/mol. The Kier molecular flexibility index (Phi) is 3.90. The number of para-hydroxylation sites is 1. The molecule has 3 rings (SSSR count). The molecule has 0 fully saturated rings. The Morgan fingerprint density at radius 1 is 1.14 bits per heavy atom. The fourth-order valence-corrected chi connectivity index (χ4v) is 3.20. The molecule has 0 aliphatic rings. The molecule has 2 aromatic carbocycles. The Hall–Kier alpha value is -1.91. The molecular weight excluding hydrogens is 307 g/mol. The normalized spacial score (nSPS) is 11.9. The van der Waals surface area contributed by atoms with Crippen molar-refractivity contribution >= 4 is 22.9 Å². The summed E-state index contributed by atoms with van der Waals surface area (Å²) in [5, 5.41) is 2.12. The molecule has 0 saturated heterocycles. The summed E-state index contributed by atoms with van der Waals surface area (Å²) in [4.78, 5) is 5.18. The van der Waals surface area contributed by atoms with Crippen LogP contribution in [0.5, 0.6) is 0 Å². The molecule has 0 radical (unpaired) electrons. The third kappa shape index (κ3) is 2.64. The van der Waals surface area contributed by atoms with Gasteiger partial charge in [-0.15, -0.1) is 11.3 Å². The summed E-state index contributed by atoms with van der Waals surface area (Å²) in [6.07, 6.45) is 0. The van der Waals surface area contributed by atoms with Crippen molar-refractivity contribution < 1.29 is 4.39 Å². The standard InChI is InChI=1S/C16H12ClFN2S/c1-19-16-20(12-5-3-2-4-6-12)15(10-21-16)11-7-8-14(18)13(17)9-11/h2-10H,1H3. The zero-order valence-corrected chi connectivity index (χ0v) is 12.8. The first-order valence-electron chi connectivity index (χ1n) is 6.35. The summed E-state index contributed by atoms with van der Waals surface area (Å²) in [5.74, 6) is -0.415. The van der Waals surface area contributed by atoms with Gasteiger partial charge in [0.05, 0.1) is 10.7 Å². The van der Waals surface area contributed by atoms with Crippen molar-refractivity contribution in [3.8, 4) is 16.9 Å². The lowest BCUT2D eigenvalue weighted by Gasteiger charge is -2.09. The number of hydrogen-bond acceptors (Lipinski definition) is 2. The third-order valence-electron chi connectivity index (χ3n) is 3.13. The lowest BCUT2D eigenvalue weighted by atomic mass is 10.1. The van der Waals surface area contributed by atoms with Gasteiger partial charge in [0.25, 0.3) is 0 Å². The third-order valence-corrected chi connectivity index (χ3v) is 4.34. The molecule has 0 amide bonds.